The Labute approximate surface area is 107 Å². The molecule has 0 spiro atoms. The lowest BCUT2D eigenvalue weighted by molar-refractivity contribution is 0.0942. The zero-order valence-corrected chi connectivity index (χ0v) is 10.5. The SMILES string of the molecule is NCc1cc(C(=O)NCC2(C3CC3)CC2)ccn1. The maximum absolute atomic E-state index is 12.1. The summed E-state index contributed by atoms with van der Waals surface area (Å²) in [7, 11) is 0. The van der Waals surface area contributed by atoms with Crippen molar-refractivity contribution in [1.29, 1.82) is 0 Å². The third-order valence-electron chi connectivity index (χ3n) is 4.22. The molecule has 0 aliphatic heterocycles. The van der Waals surface area contributed by atoms with Gasteiger partial charge in [-0.15, -0.1) is 0 Å². The number of hydrogen-bond acceptors (Lipinski definition) is 3. The second kappa shape index (κ2) is 4.35. The van der Waals surface area contributed by atoms with E-state index < -0.39 is 0 Å². The van der Waals surface area contributed by atoms with Crippen molar-refractivity contribution in [2.75, 3.05) is 6.54 Å². The molecule has 4 nitrogen and oxygen atoms in total. The lowest BCUT2D eigenvalue weighted by Crippen LogP contribution is -2.31. The number of aromatic nitrogens is 1. The smallest absolute Gasteiger partial charge is 0.251 e. The van der Waals surface area contributed by atoms with Crippen LogP contribution in [0.25, 0.3) is 0 Å². The van der Waals surface area contributed by atoms with Crippen LogP contribution in [0.15, 0.2) is 18.3 Å². The van der Waals surface area contributed by atoms with Crippen LogP contribution in [-0.2, 0) is 6.54 Å². The molecule has 3 rings (SSSR count). The number of nitrogens with one attached hydrogen (secondary N) is 1. The topological polar surface area (TPSA) is 68.0 Å². The van der Waals surface area contributed by atoms with Gasteiger partial charge >= 0.3 is 0 Å². The Hall–Kier alpha value is -1.42. The average Bonchev–Trinajstić information content (AvgIpc) is 3.28. The number of carbonyl (C=O) groups is 1. The zero-order valence-electron chi connectivity index (χ0n) is 10.5. The monoisotopic (exact) mass is 245 g/mol. The largest absolute Gasteiger partial charge is 0.351 e. The fourth-order valence-corrected chi connectivity index (χ4v) is 2.68. The van der Waals surface area contributed by atoms with E-state index in [0.717, 1.165) is 18.2 Å². The first-order valence-electron chi connectivity index (χ1n) is 6.67. The maximum atomic E-state index is 12.1. The Morgan fingerprint density at radius 1 is 1.50 bits per heavy atom. The molecule has 0 bridgehead atoms. The highest BCUT2D eigenvalue weighted by Crippen LogP contribution is 2.60. The number of pyridine rings is 1. The first kappa shape index (κ1) is 11.7. The predicted octanol–water partition coefficient (Wildman–Crippen LogP) is 1.46. The van der Waals surface area contributed by atoms with Crippen molar-refractivity contribution >= 4 is 5.91 Å². The molecule has 0 aromatic carbocycles. The molecule has 1 aromatic rings. The molecule has 0 saturated heterocycles. The van der Waals surface area contributed by atoms with Gasteiger partial charge in [0, 0.05) is 24.8 Å². The number of hydrogen-bond donors (Lipinski definition) is 2. The van der Waals surface area contributed by atoms with E-state index in [1.165, 1.54) is 25.7 Å². The number of carbonyl (C=O) groups excluding carboxylic acids is 1. The van der Waals surface area contributed by atoms with Crippen molar-refractivity contribution in [2.45, 2.75) is 32.2 Å². The maximum Gasteiger partial charge on any atom is 0.251 e. The Morgan fingerprint density at radius 3 is 2.89 bits per heavy atom. The Bertz CT molecular complexity index is 464. The minimum Gasteiger partial charge on any atom is -0.351 e. The molecular weight excluding hydrogens is 226 g/mol. The molecule has 1 heterocycles. The van der Waals surface area contributed by atoms with Crippen molar-refractivity contribution < 1.29 is 4.79 Å². The van der Waals surface area contributed by atoms with E-state index >= 15 is 0 Å². The van der Waals surface area contributed by atoms with Crippen LogP contribution >= 0.6 is 0 Å². The molecule has 4 heteroatoms. The minimum absolute atomic E-state index is 0.000903. The molecule has 3 N–H and O–H groups in total. The minimum atomic E-state index is -0.000903. The third kappa shape index (κ3) is 2.25. The van der Waals surface area contributed by atoms with E-state index in [2.05, 4.69) is 10.3 Å². The van der Waals surface area contributed by atoms with E-state index in [-0.39, 0.29) is 5.91 Å². The fourth-order valence-electron chi connectivity index (χ4n) is 2.68. The van der Waals surface area contributed by atoms with Gasteiger partial charge in [0.05, 0.1) is 5.69 Å². The van der Waals surface area contributed by atoms with Crippen molar-refractivity contribution in [3.63, 3.8) is 0 Å². The number of rotatable bonds is 5. The molecule has 96 valence electrons. The molecule has 18 heavy (non-hydrogen) atoms. The Balaban J connectivity index is 1.60. The van der Waals surface area contributed by atoms with Crippen LogP contribution in [0.2, 0.25) is 0 Å². The number of nitrogens with zero attached hydrogens (tertiary/aromatic N) is 1. The highest BCUT2D eigenvalue weighted by Gasteiger charge is 2.53. The number of amides is 1. The summed E-state index contributed by atoms with van der Waals surface area (Å²) >= 11 is 0. The molecule has 2 aliphatic rings. The first-order chi connectivity index (χ1) is 8.73. The summed E-state index contributed by atoms with van der Waals surface area (Å²) in [4.78, 5) is 16.1. The van der Waals surface area contributed by atoms with E-state index in [4.69, 9.17) is 5.73 Å². The Morgan fingerprint density at radius 2 is 2.28 bits per heavy atom. The van der Waals surface area contributed by atoms with Gasteiger partial charge in [-0.1, -0.05) is 0 Å². The molecule has 1 amide bonds. The molecule has 2 saturated carbocycles. The standard InChI is InChI=1S/C14H19N3O/c15-8-12-7-10(3-6-16-12)13(18)17-9-14(4-5-14)11-1-2-11/h3,6-7,11H,1-2,4-5,8-9,15H2,(H,17,18). The van der Waals surface area contributed by atoms with E-state index in [1.54, 1.807) is 18.3 Å². The van der Waals surface area contributed by atoms with Crippen molar-refractivity contribution in [2.24, 2.45) is 17.1 Å². The lowest BCUT2D eigenvalue weighted by Gasteiger charge is -2.15. The van der Waals surface area contributed by atoms with Crippen molar-refractivity contribution in [1.82, 2.24) is 10.3 Å². The van der Waals surface area contributed by atoms with Gasteiger partial charge in [-0.2, -0.15) is 0 Å². The summed E-state index contributed by atoms with van der Waals surface area (Å²) in [5.74, 6) is 0.869. The normalized spacial score (nSPS) is 20.5. The van der Waals surface area contributed by atoms with Crippen LogP contribution in [0.3, 0.4) is 0 Å². The van der Waals surface area contributed by atoms with Crippen molar-refractivity contribution in [3.05, 3.63) is 29.6 Å². The highest BCUT2D eigenvalue weighted by atomic mass is 16.1. The fraction of sp³-hybridized carbons (Fsp3) is 0.571. The quantitative estimate of drug-likeness (QED) is 0.825. The van der Waals surface area contributed by atoms with Crippen LogP contribution in [0.4, 0.5) is 0 Å². The summed E-state index contributed by atoms with van der Waals surface area (Å²) in [6, 6.07) is 3.51. The van der Waals surface area contributed by atoms with E-state index in [0.29, 0.717) is 17.5 Å². The van der Waals surface area contributed by atoms with Gasteiger partial charge in [0.15, 0.2) is 0 Å². The van der Waals surface area contributed by atoms with Gasteiger partial charge in [0.1, 0.15) is 0 Å². The van der Waals surface area contributed by atoms with Crippen LogP contribution in [-0.4, -0.2) is 17.4 Å². The van der Waals surface area contributed by atoms with Gasteiger partial charge < -0.3 is 11.1 Å². The predicted molar refractivity (Wildman–Crippen MR) is 68.9 cm³/mol. The van der Waals surface area contributed by atoms with E-state index in [1.807, 2.05) is 0 Å². The molecular formula is C14H19N3O. The van der Waals surface area contributed by atoms with Crippen LogP contribution in [0.1, 0.15) is 41.7 Å². The second-order valence-corrected chi connectivity index (χ2v) is 5.56. The van der Waals surface area contributed by atoms with Crippen LogP contribution < -0.4 is 11.1 Å². The van der Waals surface area contributed by atoms with Gasteiger partial charge in [-0.05, 0) is 49.1 Å². The Kier molecular flexibility index (Phi) is 2.82. The molecule has 0 atom stereocenters. The third-order valence-corrected chi connectivity index (χ3v) is 4.22. The summed E-state index contributed by atoms with van der Waals surface area (Å²) in [5, 5.41) is 3.07. The summed E-state index contributed by atoms with van der Waals surface area (Å²) in [6.07, 6.45) is 6.90. The van der Waals surface area contributed by atoms with Gasteiger partial charge in [-0.3, -0.25) is 9.78 Å². The molecule has 2 fully saturated rings. The second-order valence-electron chi connectivity index (χ2n) is 5.56. The first-order valence-corrected chi connectivity index (χ1v) is 6.67. The molecule has 0 unspecified atom stereocenters. The van der Waals surface area contributed by atoms with Gasteiger partial charge in [0.2, 0.25) is 0 Å². The van der Waals surface area contributed by atoms with Gasteiger partial charge in [-0.25, -0.2) is 0 Å². The highest BCUT2D eigenvalue weighted by molar-refractivity contribution is 5.94. The molecule has 2 aliphatic carbocycles. The molecule has 0 radical (unpaired) electrons. The molecule has 1 aromatic heterocycles. The summed E-state index contributed by atoms with van der Waals surface area (Å²) < 4.78 is 0. The van der Waals surface area contributed by atoms with Crippen molar-refractivity contribution in [3.8, 4) is 0 Å². The summed E-state index contributed by atoms with van der Waals surface area (Å²) in [5.41, 5.74) is 7.39. The van der Waals surface area contributed by atoms with Crippen LogP contribution in [0, 0.1) is 11.3 Å². The lowest BCUT2D eigenvalue weighted by atomic mass is 10.0. The summed E-state index contributed by atoms with van der Waals surface area (Å²) in [6.45, 7) is 1.20. The number of nitrogens with two attached hydrogens (primary N) is 1. The van der Waals surface area contributed by atoms with Gasteiger partial charge in [0.25, 0.3) is 5.91 Å². The van der Waals surface area contributed by atoms with Crippen LogP contribution in [0.5, 0.6) is 0 Å². The average molecular weight is 245 g/mol. The van der Waals surface area contributed by atoms with E-state index in [9.17, 15) is 4.79 Å². The zero-order chi connectivity index (χ0) is 12.6.